The first kappa shape index (κ1) is 19.5. The van der Waals surface area contributed by atoms with Crippen LogP contribution in [0.5, 0.6) is 0 Å². The van der Waals surface area contributed by atoms with Crippen LogP contribution in [0.25, 0.3) is 0 Å². The van der Waals surface area contributed by atoms with E-state index in [0.717, 1.165) is 11.8 Å². The zero-order valence-electron chi connectivity index (χ0n) is 16.4. The van der Waals surface area contributed by atoms with Crippen LogP contribution < -0.4 is 0 Å². The second-order valence-electron chi connectivity index (χ2n) is 7.62. The van der Waals surface area contributed by atoms with Gasteiger partial charge in [0.25, 0.3) is 0 Å². The first-order valence-corrected chi connectivity index (χ1v) is 10.6. The maximum absolute atomic E-state index is 2.57. The van der Waals surface area contributed by atoms with E-state index >= 15 is 0 Å². The minimum atomic E-state index is 0.839. The van der Waals surface area contributed by atoms with Crippen molar-refractivity contribution in [1.82, 2.24) is 4.90 Å². The molecule has 0 aromatic heterocycles. The second-order valence-corrected chi connectivity index (χ2v) is 7.62. The van der Waals surface area contributed by atoms with Crippen LogP contribution >= 0.6 is 0 Å². The van der Waals surface area contributed by atoms with Gasteiger partial charge in [-0.15, -0.1) is 0 Å². The highest BCUT2D eigenvalue weighted by atomic mass is 15.1. The predicted octanol–water partition coefficient (Wildman–Crippen LogP) is 6.43. The fraction of sp³-hybridized carbons (Fsp3) is 0.739. The lowest BCUT2D eigenvalue weighted by Crippen LogP contribution is -2.24. The Morgan fingerprint density at radius 1 is 0.958 bits per heavy atom. The van der Waals surface area contributed by atoms with Crippen molar-refractivity contribution in [2.75, 3.05) is 19.6 Å². The molecular formula is C23H39N. The van der Waals surface area contributed by atoms with Gasteiger partial charge in [0.1, 0.15) is 0 Å². The third kappa shape index (κ3) is 5.62. The average Bonchev–Trinajstić information content (AvgIpc) is 3.04. The van der Waals surface area contributed by atoms with Gasteiger partial charge in [-0.25, -0.2) is 0 Å². The maximum atomic E-state index is 2.57. The van der Waals surface area contributed by atoms with Crippen LogP contribution in [-0.2, 0) is 6.42 Å². The first-order valence-electron chi connectivity index (χ1n) is 10.6. The SMILES string of the molecule is CCCCCC(CCCCN(CC)CC)C1CCc2ccccc21. The Labute approximate surface area is 150 Å². The highest BCUT2D eigenvalue weighted by molar-refractivity contribution is 5.35. The van der Waals surface area contributed by atoms with Crippen molar-refractivity contribution < 1.29 is 0 Å². The quantitative estimate of drug-likeness (QED) is 0.400. The normalized spacial score (nSPS) is 18.1. The molecule has 0 radical (unpaired) electrons. The fourth-order valence-electron chi connectivity index (χ4n) is 4.56. The van der Waals surface area contributed by atoms with Gasteiger partial charge in [-0.2, -0.15) is 0 Å². The molecule has 24 heavy (non-hydrogen) atoms. The molecule has 0 N–H and O–H groups in total. The summed E-state index contributed by atoms with van der Waals surface area (Å²) in [6.45, 7) is 10.6. The fourth-order valence-corrected chi connectivity index (χ4v) is 4.56. The molecule has 1 nitrogen and oxygen atoms in total. The Hall–Kier alpha value is -0.820. The minimum absolute atomic E-state index is 0.839. The number of benzene rings is 1. The molecule has 1 aromatic rings. The van der Waals surface area contributed by atoms with Gasteiger partial charge in [0.05, 0.1) is 0 Å². The van der Waals surface area contributed by atoms with E-state index < -0.39 is 0 Å². The van der Waals surface area contributed by atoms with Crippen LogP contribution in [-0.4, -0.2) is 24.5 Å². The van der Waals surface area contributed by atoms with Gasteiger partial charge in [0.2, 0.25) is 0 Å². The van der Waals surface area contributed by atoms with Gasteiger partial charge < -0.3 is 4.90 Å². The van der Waals surface area contributed by atoms with Crippen LogP contribution in [0.15, 0.2) is 24.3 Å². The van der Waals surface area contributed by atoms with Crippen LogP contribution in [0.1, 0.15) is 89.2 Å². The summed E-state index contributed by atoms with van der Waals surface area (Å²) in [6, 6.07) is 9.24. The van der Waals surface area contributed by atoms with E-state index in [2.05, 4.69) is 49.9 Å². The molecule has 2 rings (SSSR count). The summed E-state index contributed by atoms with van der Waals surface area (Å²) in [4.78, 5) is 2.57. The molecule has 1 aliphatic rings. The van der Waals surface area contributed by atoms with Crippen LogP contribution in [0.3, 0.4) is 0 Å². The van der Waals surface area contributed by atoms with Crippen molar-refractivity contribution in [1.29, 1.82) is 0 Å². The van der Waals surface area contributed by atoms with Crippen LogP contribution in [0, 0.1) is 5.92 Å². The highest BCUT2D eigenvalue weighted by Gasteiger charge is 2.28. The Kier molecular flexibility index (Phi) is 8.88. The third-order valence-corrected chi connectivity index (χ3v) is 6.12. The summed E-state index contributed by atoms with van der Waals surface area (Å²) in [5.74, 6) is 1.75. The van der Waals surface area contributed by atoms with Crippen molar-refractivity contribution in [2.45, 2.75) is 84.5 Å². The molecule has 0 aliphatic heterocycles. The number of hydrogen-bond donors (Lipinski definition) is 0. The number of rotatable bonds is 12. The zero-order chi connectivity index (χ0) is 17.2. The number of hydrogen-bond acceptors (Lipinski definition) is 1. The number of fused-ring (bicyclic) bond motifs is 1. The molecular weight excluding hydrogens is 290 g/mol. The molecule has 0 spiro atoms. The molecule has 1 aliphatic carbocycles. The van der Waals surface area contributed by atoms with Gasteiger partial charge in [0.15, 0.2) is 0 Å². The average molecular weight is 330 g/mol. The van der Waals surface area contributed by atoms with E-state index in [-0.39, 0.29) is 0 Å². The van der Waals surface area contributed by atoms with Crippen molar-refractivity contribution in [3.63, 3.8) is 0 Å². The van der Waals surface area contributed by atoms with E-state index in [1.165, 1.54) is 77.4 Å². The van der Waals surface area contributed by atoms with E-state index in [0.29, 0.717) is 0 Å². The molecule has 1 aromatic carbocycles. The van der Waals surface area contributed by atoms with E-state index in [1.54, 1.807) is 11.1 Å². The number of aryl methyl sites for hydroxylation is 1. The summed E-state index contributed by atoms with van der Waals surface area (Å²) in [6.07, 6.45) is 12.5. The van der Waals surface area contributed by atoms with Gasteiger partial charge >= 0.3 is 0 Å². The first-order chi connectivity index (χ1) is 11.8. The van der Waals surface area contributed by atoms with Crippen molar-refractivity contribution in [2.24, 2.45) is 5.92 Å². The predicted molar refractivity (Wildman–Crippen MR) is 107 cm³/mol. The Morgan fingerprint density at radius 3 is 2.38 bits per heavy atom. The third-order valence-electron chi connectivity index (χ3n) is 6.12. The number of nitrogens with zero attached hydrogens (tertiary/aromatic N) is 1. The molecule has 0 saturated heterocycles. The summed E-state index contributed by atoms with van der Waals surface area (Å²) in [7, 11) is 0. The van der Waals surface area contributed by atoms with Crippen LogP contribution in [0.2, 0.25) is 0 Å². The van der Waals surface area contributed by atoms with Crippen molar-refractivity contribution in [3.05, 3.63) is 35.4 Å². The van der Waals surface area contributed by atoms with E-state index in [1.807, 2.05) is 0 Å². The molecule has 0 bridgehead atoms. The standard InChI is InChI=1S/C23H39N/c1-4-7-8-13-20(15-11-12-19-24(5-2)6-3)23-18-17-21-14-9-10-16-22(21)23/h9-10,14,16,20,23H,4-8,11-13,15,17-19H2,1-3H3. The lowest BCUT2D eigenvalue weighted by atomic mass is 9.80. The van der Waals surface area contributed by atoms with Gasteiger partial charge in [-0.05, 0) is 74.7 Å². The molecule has 0 heterocycles. The molecule has 0 saturated carbocycles. The Balaban J connectivity index is 1.88. The van der Waals surface area contributed by atoms with Crippen LogP contribution in [0.4, 0.5) is 0 Å². The van der Waals surface area contributed by atoms with Gasteiger partial charge in [-0.3, -0.25) is 0 Å². The van der Waals surface area contributed by atoms with E-state index in [4.69, 9.17) is 0 Å². The maximum Gasteiger partial charge on any atom is -0.00190 e. The summed E-state index contributed by atoms with van der Waals surface area (Å²) in [5, 5.41) is 0. The summed E-state index contributed by atoms with van der Waals surface area (Å²) < 4.78 is 0. The van der Waals surface area contributed by atoms with Gasteiger partial charge in [0, 0.05) is 0 Å². The monoisotopic (exact) mass is 329 g/mol. The molecule has 0 fully saturated rings. The lowest BCUT2D eigenvalue weighted by molar-refractivity contribution is 0.282. The van der Waals surface area contributed by atoms with Crippen molar-refractivity contribution >= 4 is 0 Å². The largest absolute Gasteiger partial charge is 0.304 e. The zero-order valence-corrected chi connectivity index (χ0v) is 16.4. The molecule has 2 unspecified atom stereocenters. The molecule has 2 atom stereocenters. The smallest absolute Gasteiger partial charge is 0.00190 e. The summed E-state index contributed by atoms with van der Waals surface area (Å²) in [5.41, 5.74) is 3.31. The lowest BCUT2D eigenvalue weighted by Gasteiger charge is -2.25. The molecule has 136 valence electrons. The van der Waals surface area contributed by atoms with Crippen molar-refractivity contribution in [3.8, 4) is 0 Å². The minimum Gasteiger partial charge on any atom is -0.304 e. The number of unbranched alkanes of at least 4 members (excludes halogenated alkanes) is 3. The molecule has 1 heteroatoms. The molecule has 0 amide bonds. The Bertz CT molecular complexity index is 449. The van der Waals surface area contributed by atoms with Gasteiger partial charge in [-0.1, -0.05) is 70.7 Å². The highest BCUT2D eigenvalue weighted by Crippen LogP contribution is 2.42. The Morgan fingerprint density at radius 2 is 1.67 bits per heavy atom. The topological polar surface area (TPSA) is 3.24 Å². The van der Waals surface area contributed by atoms with E-state index in [9.17, 15) is 0 Å². The summed E-state index contributed by atoms with van der Waals surface area (Å²) >= 11 is 0. The second kappa shape index (κ2) is 10.9.